The Kier molecular flexibility index (Phi) is 9.76. The van der Waals surface area contributed by atoms with E-state index in [0.29, 0.717) is 0 Å². The summed E-state index contributed by atoms with van der Waals surface area (Å²) in [6.07, 6.45) is 11.0. The van der Waals surface area contributed by atoms with Crippen molar-refractivity contribution in [1.29, 1.82) is 0 Å². The van der Waals surface area contributed by atoms with E-state index in [4.69, 9.17) is 0 Å². The Labute approximate surface area is 130 Å². The average molecular weight is 374 g/mol. The molecule has 0 heterocycles. The molecule has 100 valence electrons. The maximum Gasteiger partial charge on any atom is 0.0140 e. The lowest BCUT2D eigenvalue weighted by Crippen LogP contribution is -1.91. The van der Waals surface area contributed by atoms with Gasteiger partial charge < -0.3 is 0 Å². The van der Waals surface area contributed by atoms with Crippen molar-refractivity contribution in [3.63, 3.8) is 0 Å². The molecule has 18 heavy (non-hydrogen) atoms. The van der Waals surface area contributed by atoms with Crippen LogP contribution in [-0.2, 0) is 6.42 Å². The summed E-state index contributed by atoms with van der Waals surface area (Å²) in [6.45, 7) is 0. The van der Waals surface area contributed by atoms with E-state index >= 15 is 0 Å². The SMILES string of the molecule is CSC/C(=C/CCI)CCCCc1ccccc1. The van der Waals surface area contributed by atoms with Crippen molar-refractivity contribution in [2.75, 3.05) is 16.4 Å². The third-order valence-electron chi connectivity index (χ3n) is 2.93. The highest BCUT2D eigenvalue weighted by Gasteiger charge is 1.98. The van der Waals surface area contributed by atoms with Crippen LogP contribution < -0.4 is 0 Å². The molecule has 0 N–H and O–H groups in total. The molecule has 2 heteroatoms. The van der Waals surface area contributed by atoms with Crippen molar-refractivity contribution in [2.45, 2.75) is 32.1 Å². The molecule has 0 aliphatic rings. The highest BCUT2D eigenvalue weighted by Crippen LogP contribution is 2.15. The van der Waals surface area contributed by atoms with E-state index in [0.717, 1.165) is 0 Å². The molecule has 0 fully saturated rings. The van der Waals surface area contributed by atoms with Crippen LogP contribution in [0.2, 0.25) is 0 Å². The average Bonchev–Trinajstić information content (AvgIpc) is 2.42. The Morgan fingerprint density at radius 2 is 2.00 bits per heavy atom. The first-order valence-electron chi connectivity index (χ1n) is 6.63. The van der Waals surface area contributed by atoms with Gasteiger partial charge in [0.05, 0.1) is 0 Å². The van der Waals surface area contributed by atoms with Gasteiger partial charge in [-0.2, -0.15) is 11.8 Å². The van der Waals surface area contributed by atoms with Crippen LogP contribution in [0.5, 0.6) is 0 Å². The van der Waals surface area contributed by atoms with Crippen LogP contribution in [0.25, 0.3) is 0 Å². The van der Waals surface area contributed by atoms with E-state index in [2.05, 4.69) is 65.3 Å². The van der Waals surface area contributed by atoms with Crippen molar-refractivity contribution in [3.8, 4) is 0 Å². The van der Waals surface area contributed by atoms with Crippen LogP contribution in [0.4, 0.5) is 0 Å². The van der Waals surface area contributed by atoms with Gasteiger partial charge in [-0.25, -0.2) is 0 Å². The van der Waals surface area contributed by atoms with E-state index in [1.165, 1.54) is 47.8 Å². The summed E-state index contributed by atoms with van der Waals surface area (Å²) in [4.78, 5) is 0. The molecule has 0 atom stereocenters. The van der Waals surface area contributed by atoms with Crippen LogP contribution in [0.15, 0.2) is 42.0 Å². The van der Waals surface area contributed by atoms with Gasteiger partial charge in [-0.3, -0.25) is 0 Å². The van der Waals surface area contributed by atoms with Crippen LogP contribution in [0.1, 0.15) is 31.2 Å². The van der Waals surface area contributed by atoms with E-state index in [1.807, 2.05) is 11.8 Å². The lowest BCUT2D eigenvalue weighted by atomic mass is 10.0. The zero-order valence-electron chi connectivity index (χ0n) is 11.2. The molecule has 0 unspecified atom stereocenters. The van der Waals surface area contributed by atoms with Crippen LogP contribution in [0.3, 0.4) is 0 Å². The fourth-order valence-corrected chi connectivity index (χ4v) is 2.95. The molecule has 0 aliphatic heterocycles. The number of rotatable bonds is 9. The smallest absolute Gasteiger partial charge is 0.0140 e. The Hall–Kier alpha value is 0.0400. The Bertz CT molecular complexity index is 332. The minimum absolute atomic E-state index is 1.21. The second-order valence-corrected chi connectivity index (χ2v) is 6.41. The van der Waals surface area contributed by atoms with Crippen LogP contribution in [-0.4, -0.2) is 16.4 Å². The van der Waals surface area contributed by atoms with Crippen molar-refractivity contribution < 1.29 is 0 Å². The number of aryl methyl sites for hydroxylation is 1. The second-order valence-electron chi connectivity index (χ2n) is 4.47. The number of hydrogen-bond acceptors (Lipinski definition) is 1. The van der Waals surface area contributed by atoms with E-state index in [9.17, 15) is 0 Å². The quantitative estimate of drug-likeness (QED) is 0.238. The monoisotopic (exact) mass is 374 g/mol. The minimum Gasteiger partial charge on any atom is -0.161 e. The van der Waals surface area contributed by atoms with Gasteiger partial charge in [-0.05, 0) is 43.9 Å². The van der Waals surface area contributed by atoms with Gasteiger partial charge in [0.15, 0.2) is 0 Å². The minimum atomic E-state index is 1.21. The Morgan fingerprint density at radius 3 is 2.67 bits per heavy atom. The van der Waals surface area contributed by atoms with E-state index < -0.39 is 0 Å². The zero-order chi connectivity index (χ0) is 13.1. The summed E-state index contributed by atoms with van der Waals surface area (Å²) >= 11 is 4.39. The molecule has 1 aromatic carbocycles. The third kappa shape index (κ3) is 7.47. The molecular formula is C16H23IS. The summed E-state index contributed by atoms with van der Waals surface area (Å²) < 4.78 is 1.24. The molecular weight excluding hydrogens is 351 g/mol. The standard InChI is InChI=1S/C16H23IS/c1-18-14-16(12-7-13-17)11-6-5-10-15-8-3-2-4-9-15/h2-4,8-9,12H,5-7,10-11,13-14H2,1H3/b16-12+. The molecule has 0 amide bonds. The molecule has 0 saturated carbocycles. The van der Waals surface area contributed by atoms with Crippen LogP contribution >= 0.6 is 34.4 Å². The Balaban J connectivity index is 2.22. The highest BCUT2D eigenvalue weighted by atomic mass is 127. The maximum atomic E-state index is 2.45. The molecule has 1 rings (SSSR count). The van der Waals surface area contributed by atoms with Crippen molar-refractivity contribution in [1.82, 2.24) is 0 Å². The van der Waals surface area contributed by atoms with Gasteiger partial charge in [-0.15, -0.1) is 0 Å². The maximum absolute atomic E-state index is 2.45. The van der Waals surface area contributed by atoms with Gasteiger partial charge in [-0.1, -0.05) is 64.6 Å². The van der Waals surface area contributed by atoms with Gasteiger partial charge in [0.25, 0.3) is 0 Å². The van der Waals surface area contributed by atoms with Crippen molar-refractivity contribution in [2.24, 2.45) is 0 Å². The number of alkyl halides is 1. The number of benzene rings is 1. The Morgan fingerprint density at radius 1 is 1.22 bits per heavy atom. The second kappa shape index (κ2) is 10.9. The molecule has 0 aromatic heterocycles. The predicted octanol–water partition coefficient (Wildman–Crippen LogP) is 5.51. The van der Waals surface area contributed by atoms with Gasteiger partial charge >= 0.3 is 0 Å². The molecule has 0 aliphatic carbocycles. The van der Waals surface area contributed by atoms with Gasteiger partial charge in [0.1, 0.15) is 0 Å². The number of allylic oxidation sites excluding steroid dienone is 1. The van der Waals surface area contributed by atoms with E-state index in [-0.39, 0.29) is 0 Å². The number of unbranched alkanes of at least 4 members (excludes halogenated alkanes) is 1. The predicted molar refractivity (Wildman–Crippen MR) is 94.0 cm³/mol. The van der Waals surface area contributed by atoms with Crippen molar-refractivity contribution >= 4 is 34.4 Å². The first-order chi connectivity index (χ1) is 8.86. The number of thioether (sulfide) groups is 1. The summed E-state index contributed by atoms with van der Waals surface area (Å²) in [6, 6.07) is 10.8. The molecule has 1 aromatic rings. The summed E-state index contributed by atoms with van der Waals surface area (Å²) in [5, 5.41) is 0. The topological polar surface area (TPSA) is 0 Å². The molecule has 0 bridgehead atoms. The first-order valence-corrected chi connectivity index (χ1v) is 9.55. The lowest BCUT2D eigenvalue weighted by molar-refractivity contribution is 0.729. The van der Waals surface area contributed by atoms with Crippen molar-refractivity contribution in [3.05, 3.63) is 47.5 Å². The fourth-order valence-electron chi connectivity index (χ4n) is 2.00. The van der Waals surface area contributed by atoms with Crippen LogP contribution in [0, 0.1) is 0 Å². The summed E-state index contributed by atoms with van der Waals surface area (Å²) in [5.74, 6) is 1.21. The normalized spacial score (nSPS) is 11.8. The summed E-state index contributed by atoms with van der Waals surface area (Å²) in [7, 11) is 0. The number of halogens is 1. The van der Waals surface area contributed by atoms with Gasteiger partial charge in [0, 0.05) is 10.2 Å². The first kappa shape index (κ1) is 16.1. The molecule has 0 radical (unpaired) electrons. The molecule has 0 spiro atoms. The summed E-state index contributed by atoms with van der Waals surface area (Å²) in [5.41, 5.74) is 3.12. The largest absolute Gasteiger partial charge is 0.161 e. The highest BCUT2D eigenvalue weighted by molar-refractivity contribution is 14.1. The van der Waals surface area contributed by atoms with Gasteiger partial charge in [0.2, 0.25) is 0 Å². The number of hydrogen-bond donors (Lipinski definition) is 0. The third-order valence-corrected chi connectivity index (χ3v) is 4.21. The molecule has 0 nitrogen and oxygen atoms in total. The molecule has 0 saturated heterocycles. The lowest BCUT2D eigenvalue weighted by Gasteiger charge is -2.06. The zero-order valence-corrected chi connectivity index (χ0v) is 14.2. The van der Waals surface area contributed by atoms with E-state index in [1.54, 1.807) is 5.57 Å². The fraction of sp³-hybridized carbons (Fsp3) is 0.500.